The van der Waals surface area contributed by atoms with Crippen molar-refractivity contribution in [1.29, 1.82) is 5.26 Å². The molecule has 5 nitrogen and oxygen atoms in total. The van der Waals surface area contributed by atoms with Gasteiger partial charge in [-0.3, -0.25) is 4.79 Å². The first kappa shape index (κ1) is 20.0. The standard InChI is InChI=1S/C19H19ClN2O3S/c1-3-14-10-17(26-13(14)2)19(24)25-12-18(23)22(9-5-8-21)16-7-4-6-15(20)11-16/h4,6-7,10-11H,3,5,9,12H2,1-2H3. The molecule has 0 fully saturated rings. The number of halogens is 1. The molecule has 0 atom stereocenters. The number of nitrogens with zero attached hydrogens (tertiary/aromatic N) is 2. The number of carbonyl (C=O) groups is 2. The molecule has 0 saturated carbocycles. The summed E-state index contributed by atoms with van der Waals surface area (Å²) >= 11 is 7.34. The SMILES string of the molecule is CCc1cc(C(=O)OCC(=O)N(CCC#N)c2cccc(Cl)c2)sc1C. The van der Waals surface area contributed by atoms with Crippen LogP contribution in [0.5, 0.6) is 0 Å². The van der Waals surface area contributed by atoms with Gasteiger partial charge in [0.25, 0.3) is 5.91 Å². The highest BCUT2D eigenvalue weighted by Crippen LogP contribution is 2.23. The Morgan fingerprint density at radius 2 is 2.12 bits per heavy atom. The molecule has 2 aromatic rings. The van der Waals surface area contributed by atoms with Crippen LogP contribution in [0.3, 0.4) is 0 Å². The van der Waals surface area contributed by atoms with Crippen LogP contribution in [0.25, 0.3) is 0 Å². The van der Waals surface area contributed by atoms with E-state index in [1.807, 2.05) is 19.9 Å². The highest BCUT2D eigenvalue weighted by molar-refractivity contribution is 7.14. The fraction of sp³-hybridized carbons (Fsp3) is 0.316. The van der Waals surface area contributed by atoms with Crippen molar-refractivity contribution in [3.63, 3.8) is 0 Å². The monoisotopic (exact) mass is 390 g/mol. The van der Waals surface area contributed by atoms with Gasteiger partial charge in [0.1, 0.15) is 4.88 Å². The van der Waals surface area contributed by atoms with E-state index in [-0.39, 0.29) is 13.0 Å². The number of anilines is 1. The number of hydrogen-bond acceptors (Lipinski definition) is 5. The second-order valence-electron chi connectivity index (χ2n) is 5.56. The first-order chi connectivity index (χ1) is 12.5. The van der Waals surface area contributed by atoms with Crippen LogP contribution in [0.15, 0.2) is 30.3 Å². The van der Waals surface area contributed by atoms with Gasteiger partial charge < -0.3 is 9.64 Å². The summed E-state index contributed by atoms with van der Waals surface area (Å²) in [5.41, 5.74) is 1.66. The van der Waals surface area contributed by atoms with Crippen molar-refractivity contribution in [2.45, 2.75) is 26.7 Å². The average molecular weight is 391 g/mol. The summed E-state index contributed by atoms with van der Waals surface area (Å²) in [6.07, 6.45) is 1.00. The second kappa shape index (κ2) is 9.37. The predicted molar refractivity (Wildman–Crippen MR) is 103 cm³/mol. The molecule has 26 heavy (non-hydrogen) atoms. The summed E-state index contributed by atoms with van der Waals surface area (Å²) in [5.74, 6) is -0.919. The molecule has 2 rings (SSSR count). The molecule has 0 unspecified atom stereocenters. The zero-order valence-electron chi connectivity index (χ0n) is 14.6. The molecule has 136 valence electrons. The van der Waals surface area contributed by atoms with Crippen LogP contribution < -0.4 is 4.90 Å². The summed E-state index contributed by atoms with van der Waals surface area (Å²) in [6, 6.07) is 10.6. The van der Waals surface area contributed by atoms with E-state index in [1.165, 1.54) is 16.2 Å². The first-order valence-electron chi connectivity index (χ1n) is 8.15. The second-order valence-corrected chi connectivity index (χ2v) is 7.25. The highest BCUT2D eigenvalue weighted by Gasteiger charge is 2.19. The number of rotatable bonds is 7. The maximum Gasteiger partial charge on any atom is 0.348 e. The summed E-state index contributed by atoms with van der Waals surface area (Å²) < 4.78 is 5.18. The largest absolute Gasteiger partial charge is 0.451 e. The average Bonchev–Trinajstić information content (AvgIpc) is 3.01. The minimum Gasteiger partial charge on any atom is -0.451 e. The zero-order chi connectivity index (χ0) is 19.1. The van der Waals surface area contributed by atoms with E-state index in [2.05, 4.69) is 0 Å². The number of benzene rings is 1. The zero-order valence-corrected chi connectivity index (χ0v) is 16.2. The predicted octanol–water partition coefficient (Wildman–Crippen LogP) is 4.38. The van der Waals surface area contributed by atoms with Crippen molar-refractivity contribution in [3.8, 4) is 6.07 Å². The van der Waals surface area contributed by atoms with Crippen LogP contribution >= 0.6 is 22.9 Å². The molecule has 0 bridgehead atoms. The maximum absolute atomic E-state index is 12.5. The number of amides is 1. The van der Waals surface area contributed by atoms with Gasteiger partial charge in [0.15, 0.2) is 6.61 Å². The molecule has 0 aliphatic rings. The van der Waals surface area contributed by atoms with Crippen LogP contribution in [0.4, 0.5) is 5.69 Å². The molecule has 1 aromatic carbocycles. The van der Waals surface area contributed by atoms with Crippen molar-refractivity contribution in [3.05, 3.63) is 50.7 Å². The van der Waals surface area contributed by atoms with Gasteiger partial charge >= 0.3 is 5.97 Å². The normalized spacial score (nSPS) is 10.2. The van der Waals surface area contributed by atoms with E-state index >= 15 is 0 Å². The minimum atomic E-state index is -0.516. The number of carbonyl (C=O) groups excluding carboxylic acids is 2. The van der Waals surface area contributed by atoms with Crippen molar-refractivity contribution >= 4 is 40.5 Å². The van der Waals surface area contributed by atoms with E-state index in [9.17, 15) is 9.59 Å². The van der Waals surface area contributed by atoms with Gasteiger partial charge in [-0.1, -0.05) is 24.6 Å². The van der Waals surface area contributed by atoms with Crippen LogP contribution in [-0.2, 0) is 16.0 Å². The number of thiophene rings is 1. The molecule has 1 amide bonds. The number of esters is 1. The lowest BCUT2D eigenvalue weighted by atomic mass is 10.2. The Morgan fingerprint density at radius 1 is 1.35 bits per heavy atom. The number of hydrogen-bond donors (Lipinski definition) is 0. The van der Waals surface area contributed by atoms with E-state index in [0.717, 1.165) is 16.9 Å². The minimum absolute atomic E-state index is 0.163. The number of nitriles is 1. The van der Waals surface area contributed by atoms with Gasteiger partial charge in [-0.2, -0.15) is 5.26 Å². The van der Waals surface area contributed by atoms with Gasteiger partial charge in [0, 0.05) is 22.1 Å². The van der Waals surface area contributed by atoms with Gasteiger partial charge in [0.2, 0.25) is 0 Å². The van der Waals surface area contributed by atoms with Crippen LogP contribution in [0.1, 0.15) is 33.5 Å². The molecule has 1 heterocycles. The molecule has 0 radical (unpaired) electrons. The van der Waals surface area contributed by atoms with E-state index in [0.29, 0.717) is 15.6 Å². The van der Waals surface area contributed by atoms with Gasteiger partial charge in [-0.15, -0.1) is 11.3 Å². The fourth-order valence-electron chi connectivity index (χ4n) is 2.45. The van der Waals surface area contributed by atoms with Gasteiger partial charge in [-0.25, -0.2) is 4.79 Å². The quantitative estimate of drug-likeness (QED) is 0.658. The highest BCUT2D eigenvalue weighted by atomic mass is 35.5. The molecular weight excluding hydrogens is 372 g/mol. The Labute approximate surface area is 161 Å². The molecule has 0 aliphatic heterocycles. The first-order valence-corrected chi connectivity index (χ1v) is 9.35. The van der Waals surface area contributed by atoms with E-state index < -0.39 is 18.5 Å². The van der Waals surface area contributed by atoms with Gasteiger partial charge in [-0.05, 0) is 43.2 Å². The Balaban J connectivity index is 2.06. The third-order valence-electron chi connectivity index (χ3n) is 3.80. The van der Waals surface area contributed by atoms with Crippen LogP contribution in [-0.4, -0.2) is 25.0 Å². The van der Waals surface area contributed by atoms with Crippen molar-refractivity contribution in [2.75, 3.05) is 18.1 Å². The Morgan fingerprint density at radius 3 is 2.73 bits per heavy atom. The summed E-state index contributed by atoms with van der Waals surface area (Å²) in [4.78, 5) is 27.7. The lowest BCUT2D eigenvalue weighted by molar-refractivity contribution is -0.121. The topological polar surface area (TPSA) is 70.4 Å². The van der Waals surface area contributed by atoms with E-state index in [4.69, 9.17) is 21.6 Å². The molecule has 0 N–H and O–H groups in total. The summed E-state index contributed by atoms with van der Waals surface area (Å²) in [5, 5.41) is 9.30. The van der Waals surface area contributed by atoms with Gasteiger partial charge in [0.05, 0.1) is 12.5 Å². The summed E-state index contributed by atoms with van der Waals surface area (Å²) in [6.45, 7) is 3.78. The molecular formula is C19H19ClN2O3S. The molecule has 0 saturated heterocycles. The maximum atomic E-state index is 12.5. The Kier molecular flexibility index (Phi) is 7.19. The van der Waals surface area contributed by atoms with Crippen molar-refractivity contribution in [2.24, 2.45) is 0 Å². The van der Waals surface area contributed by atoms with Crippen LogP contribution in [0.2, 0.25) is 5.02 Å². The molecule has 0 spiro atoms. The fourth-order valence-corrected chi connectivity index (χ4v) is 3.64. The van der Waals surface area contributed by atoms with E-state index in [1.54, 1.807) is 30.3 Å². The third-order valence-corrected chi connectivity index (χ3v) is 5.11. The van der Waals surface area contributed by atoms with Crippen molar-refractivity contribution < 1.29 is 14.3 Å². The smallest absolute Gasteiger partial charge is 0.348 e. The Hall–Kier alpha value is -2.36. The van der Waals surface area contributed by atoms with Crippen molar-refractivity contribution in [1.82, 2.24) is 0 Å². The lowest BCUT2D eigenvalue weighted by Crippen LogP contribution is -2.35. The molecule has 0 aliphatic carbocycles. The lowest BCUT2D eigenvalue weighted by Gasteiger charge is -2.21. The number of ether oxygens (including phenoxy) is 1. The Bertz CT molecular complexity index is 842. The summed E-state index contributed by atoms with van der Waals surface area (Å²) in [7, 11) is 0. The van der Waals surface area contributed by atoms with Crippen LogP contribution in [0, 0.1) is 18.3 Å². The number of aryl methyl sites for hydroxylation is 2. The molecule has 1 aromatic heterocycles. The molecule has 7 heteroatoms. The third kappa shape index (κ3) is 5.07.